The van der Waals surface area contributed by atoms with E-state index in [0.717, 1.165) is 5.56 Å². The van der Waals surface area contributed by atoms with Crippen LogP contribution in [0.2, 0.25) is 5.02 Å². The lowest BCUT2D eigenvalue weighted by Crippen LogP contribution is -2.20. The Labute approximate surface area is 109 Å². The Hall–Kier alpha value is -2.14. The standard InChI is InChI=1S/C12H11ClN4O/c1-8-3-2-4-9(13)11(8)17-12(18)16-10-7-14-5-6-15-10/h2-7H,1H3,(H2,15,16,17,18). The maximum absolute atomic E-state index is 11.7. The molecule has 5 nitrogen and oxygen atoms in total. The molecule has 0 spiro atoms. The Morgan fingerprint density at radius 2 is 2.11 bits per heavy atom. The Balaban J connectivity index is 2.08. The third kappa shape index (κ3) is 2.95. The van der Waals surface area contributed by atoms with Gasteiger partial charge in [-0.1, -0.05) is 23.7 Å². The summed E-state index contributed by atoms with van der Waals surface area (Å²) in [4.78, 5) is 19.5. The number of nitrogens with one attached hydrogen (secondary N) is 2. The number of carbonyl (C=O) groups excluding carboxylic acids is 1. The van der Waals surface area contributed by atoms with Crippen molar-refractivity contribution in [3.63, 3.8) is 0 Å². The van der Waals surface area contributed by atoms with E-state index in [-0.39, 0.29) is 0 Å². The molecule has 2 aromatic rings. The van der Waals surface area contributed by atoms with E-state index in [4.69, 9.17) is 11.6 Å². The summed E-state index contributed by atoms with van der Waals surface area (Å²) in [6.45, 7) is 1.86. The largest absolute Gasteiger partial charge is 0.324 e. The predicted octanol–water partition coefficient (Wildman–Crippen LogP) is 3.08. The van der Waals surface area contributed by atoms with Crippen molar-refractivity contribution < 1.29 is 4.79 Å². The van der Waals surface area contributed by atoms with Crippen LogP contribution < -0.4 is 10.6 Å². The lowest BCUT2D eigenvalue weighted by Gasteiger charge is -2.10. The number of aromatic nitrogens is 2. The topological polar surface area (TPSA) is 66.9 Å². The van der Waals surface area contributed by atoms with Crippen LogP contribution in [0.25, 0.3) is 0 Å². The molecule has 92 valence electrons. The van der Waals surface area contributed by atoms with Crippen molar-refractivity contribution in [3.05, 3.63) is 47.4 Å². The van der Waals surface area contributed by atoms with Gasteiger partial charge >= 0.3 is 6.03 Å². The molecule has 1 aromatic heterocycles. The number of rotatable bonds is 2. The highest BCUT2D eigenvalue weighted by atomic mass is 35.5. The quantitative estimate of drug-likeness (QED) is 0.874. The van der Waals surface area contributed by atoms with Gasteiger partial charge in [0, 0.05) is 12.4 Å². The van der Waals surface area contributed by atoms with E-state index in [1.807, 2.05) is 19.1 Å². The molecule has 0 unspecified atom stereocenters. The van der Waals surface area contributed by atoms with E-state index in [0.29, 0.717) is 16.5 Å². The van der Waals surface area contributed by atoms with Crippen molar-refractivity contribution in [3.8, 4) is 0 Å². The smallest absolute Gasteiger partial charge is 0.306 e. The fraction of sp³-hybridized carbons (Fsp3) is 0.0833. The minimum Gasteiger partial charge on any atom is -0.306 e. The summed E-state index contributed by atoms with van der Waals surface area (Å²) in [7, 11) is 0. The minimum atomic E-state index is -0.410. The van der Waals surface area contributed by atoms with E-state index < -0.39 is 6.03 Å². The summed E-state index contributed by atoms with van der Waals surface area (Å²) in [5, 5.41) is 5.73. The second-order valence-corrected chi connectivity index (χ2v) is 4.01. The van der Waals surface area contributed by atoms with Crippen molar-refractivity contribution in [2.75, 3.05) is 10.6 Å². The monoisotopic (exact) mass is 262 g/mol. The number of anilines is 2. The van der Waals surface area contributed by atoms with Crippen molar-refractivity contribution in [2.24, 2.45) is 0 Å². The van der Waals surface area contributed by atoms with Crippen LogP contribution in [0.3, 0.4) is 0 Å². The number of carbonyl (C=O) groups is 1. The number of hydrogen-bond acceptors (Lipinski definition) is 3. The lowest BCUT2D eigenvalue weighted by atomic mass is 10.2. The van der Waals surface area contributed by atoms with E-state index in [2.05, 4.69) is 20.6 Å². The highest BCUT2D eigenvalue weighted by Crippen LogP contribution is 2.25. The first-order valence-electron chi connectivity index (χ1n) is 5.26. The molecule has 2 N–H and O–H groups in total. The van der Waals surface area contributed by atoms with Gasteiger partial charge in [0.15, 0.2) is 5.82 Å². The van der Waals surface area contributed by atoms with Gasteiger partial charge in [0.2, 0.25) is 0 Å². The number of hydrogen-bond donors (Lipinski definition) is 2. The molecule has 1 heterocycles. The van der Waals surface area contributed by atoms with Crippen LogP contribution >= 0.6 is 11.6 Å². The normalized spacial score (nSPS) is 9.89. The maximum atomic E-state index is 11.7. The summed E-state index contributed by atoms with van der Waals surface area (Å²) >= 11 is 6.01. The Kier molecular flexibility index (Phi) is 3.74. The van der Waals surface area contributed by atoms with Crippen LogP contribution in [0, 0.1) is 6.92 Å². The number of halogens is 1. The second-order valence-electron chi connectivity index (χ2n) is 3.60. The van der Waals surface area contributed by atoms with E-state index in [1.165, 1.54) is 18.6 Å². The van der Waals surface area contributed by atoms with Gasteiger partial charge in [0.05, 0.1) is 16.9 Å². The number of para-hydroxylation sites is 1. The number of urea groups is 1. The summed E-state index contributed by atoms with van der Waals surface area (Å²) in [6, 6.07) is 4.99. The highest BCUT2D eigenvalue weighted by molar-refractivity contribution is 6.34. The Morgan fingerprint density at radius 1 is 1.28 bits per heavy atom. The predicted molar refractivity (Wildman–Crippen MR) is 70.9 cm³/mol. The summed E-state index contributed by atoms with van der Waals surface area (Å²) in [6.07, 6.45) is 4.48. The van der Waals surface area contributed by atoms with Gasteiger partial charge < -0.3 is 5.32 Å². The molecular weight excluding hydrogens is 252 g/mol. The van der Waals surface area contributed by atoms with Crippen LogP contribution in [0.4, 0.5) is 16.3 Å². The molecule has 0 aliphatic carbocycles. The first-order chi connectivity index (χ1) is 8.66. The molecule has 2 rings (SSSR count). The molecule has 6 heteroatoms. The van der Waals surface area contributed by atoms with Crippen LogP contribution in [0.15, 0.2) is 36.8 Å². The van der Waals surface area contributed by atoms with Gasteiger partial charge in [-0.05, 0) is 18.6 Å². The van der Waals surface area contributed by atoms with Gasteiger partial charge in [-0.3, -0.25) is 10.3 Å². The van der Waals surface area contributed by atoms with Gasteiger partial charge in [-0.25, -0.2) is 9.78 Å². The van der Waals surface area contributed by atoms with Crippen LogP contribution in [0.5, 0.6) is 0 Å². The average Bonchev–Trinajstić information content (AvgIpc) is 2.35. The molecule has 18 heavy (non-hydrogen) atoms. The molecule has 0 fully saturated rings. The molecule has 0 aliphatic heterocycles. The number of nitrogens with zero attached hydrogens (tertiary/aromatic N) is 2. The minimum absolute atomic E-state index is 0.375. The van der Waals surface area contributed by atoms with Crippen LogP contribution in [-0.2, 0) is 0 Å². The SMILES string of the molecule is Cc1cccc(Cl)c1NC(=O)Nc1cnccn1. The molecule has 0 saturated carbocycles. The third-order valence-corrected chi connectivity index (χ3v) is 2.58. The molecule has 2 amide bonds. The summed E-state index contributed by atoms with van der Waals surface area (Å²) in [5.74, 6) is 0.375. The van der Waals surface area contributed by atoms with Crippen molar-refractivity contribution in [2.45, 2.75) is 6.92 Å². The van der Waals surface area contributed by atoms with E-state index in [1.54, 1.807) is 6.07 Å². The Bertz CT molecular complexity index is 539. The maximum Gasteiger partial charge on any atom is 0.324 e. The molecule has 0 aliphatic rings. The van der Waals surface area contributed by atoms with Crippen LogP contribution in [-0.4, -0.2) is 16.0 Å². The first kappa shape index (κ1) is 12.3. The van der Waals surface area contributed by atoms with Crippen LogP contribution in [0.1, 0.15) is 5.56 Å². The third-order valence-electron chi connectivity index (χ3n) is 2.27. The average molecular weight is 263 g/mol. The summed E-state index contributed by atoms with van der Waals surface area (Å²) in [5.41, 5.74) is 1.47. The molecule has 0 bridgehead atoms. The molecular formula is C12H11ClN4O. The van der Waals surface area contributed by atoms with Gasteiger partial charge in [-0.15, -0.1) is 0 Å². The van der Waals surface area contributed by atoms with Crippen molar-refractivity contribution >= 4 is 29.1 Å². The molecule has 0 saturated heterocycles. The Morgan fingerprint density at radius 3 is 2.78 bits per heavy atom. The number of benzene rings is 1. The molecule has 0 radical (unpaired) electrons. The lowest BCUT2D eigenvalue weighted by molar-refractivity contribution is 0.262. The number of amides is 2. The van der Waals surface area contributed by atoms with Gasteiger partial charge in [-0.2, -0.15) is 0 Å². The highest BCUT2D eigenvalue weighted by Gasteiger charge is 2.08. The molecule has 1 aromatic carbocycles. The van der Waals surface area contributed by atoms with Gasteiger partial charge in [0.25, 0.3) is 0 Å². The fourth-order valence-corrected chi connectivity index (χ4v) is 1.68. The van der Waals surface area contributed by atoms with Crippen molar-refractivity contribution in [1.29, 1.82) is 0 Å². The first-order valence-corrected chi connectivity index (χ1v) is 5.64. The van der Waals surface area contributed by atoms with Gasteiger partial charge in [0.1, 0.15) is 0 Å². The zero-order valence-electron chi connectivity index (χ0n) is 9.64. The summed E-state index contributed by atoms with van der Waals surface area (Å²) < 4.78 is 0. The fourth-order valence-electron chi connectivity index (χ4n) is 1.41. The zero-order chi connectivity index (χ0) is 13.0. The van der Waals surface area contributed by atoms with Crippen molar-refractivity contribution in [1.82, 2.24) is 9.97 Å². The van der Waals surface area contributed by atoms with E-state index in [9.17, 15) is 4.79 Å². The van der Waals surface area contributed by atoms with E-state index >= 15 is 0 Å². The number of aryl methyl sites for hydroxylation is 1. The molecule has 0 atom stereocenters. The second kappa shape index (κ2) is 5.46. The zero-order valence-corrected chi connectivity index (χ0v) is 10.4.